The van der Waals surface area contributed by atoms with Gasteiger partial charge in [0.15, 0.2) is 0 Å². The van der Waals surface area contributed by atoms with Crippen molar-refractivity contribution >= 4 is 16.8 Å². The minimum absolute atomic E-state index is 0.116. The number of pyridine rings is 1. The van der Waals surface area contributed by atoms with E-state index < -0.39 is 0 Å². The van der Waals surface area contributed by atoms with E-state index in [2.05, 4.69) is 11.9 Å². The number of piperidine rings is 1. The zero-order valence-electron chi connectivity index (χ0n) is 11.2. The zero-order valence-corrected chi connectivity index (χ0v) is 11.2. The molecule has 3 nitrogen and oxygen atoms in total. The molecule has 0 spiro atoms. The Balaban J connectivity index is 1.88. The Labute approximate surface area is 113 Å². The predicted octanol–water partition coefficient (Wildman–Crippen LogP) is 3.11. The fourth-order valence-corrected chi connectivity index (χ4v) is 2.74. The van der Waals surface area contributed by atoms with Crippen molar-refractivity contribution in [2.75, 3.05) is 13.1 Å². The second-order valence-corrected chi connectivity index (χ2v) is 5.42. The van der Waals surface area contributed by atoms with Crippen LogP contribution in [0.1, 0.15) is 30.1 Å². The van der Waals surface area contributed by atoms with E-state index in [0.717, 1.165) is 30.4 Å². The van der Waals surface area contributed by atoms with Gasteiger partial charge in [-0.1, -0.05) is 25.1 Å². The molecular weight excluding hydrogens is 236 g/mol. The van der Waals surface area contributed by atoms with Gasteiger partial charge in [-0.05, 0) is 30.9 Å². The molecule has 0 radical (unpaired) electrons. The van der Waals surface area contributed by atoms with Gasteiger partial charge in [0.1, 0.15) is 0 Å². The van der Waals surface area contributed by atoms with E-state index >= 15 is 0 Å². The van der Waals surface area contributed by atoms with Crippen LogP contribution < -0.4 is 0 Å². The maximum atomic E-state index is 12.5. The van der Waals surface area contributed by atoms with Gasteiger partial charge in [0.05, 0.1) is 11.1 Å². The van der Waals surface area contributed by atoms with Gasteiger partial charge < -0.3 is 4.90 Å². The second kappa shape index (κ2) is 5.00. The summed E-state index contributed by atoms with van der Waals surface area (Å²) in [5.74, 6) is 0.718. The number of nitrogens with zero attached hydrogens (tertiary/aromatic N) is 2. The summed E-state index contributed by atoms with van der Waals surface area (Å²) < 4.78 is 0. The number of aromatic nitrogens is 1. The van der Waals surface area contributed by atoms with Crippen molar-refractivity contribution in [3.05, 3.63) is 42.1 Å². The molecule has 98 valence electrons. The number of hydrogen-bond acceptors (Lipinski definition) is 2. The maximum absolute atomic E-state index is 12.5. The highest BCUT2D eigenvalue weighted by molar-refractivity contribution is 5.97. The van der Waals surface area contributed by atoms with Gasteiger partial charge in [-0.15, -0.1) is 0 Å². The first-order valence-electron chi connectivity index (χ1n) is 6.88. The molecule has 0 N–H and O–H groups in total. The molecule has 3 heteroatoms. The van der Waals surface area contributed by atoms with Crippen molar-refractivity contribution in [1.82, 2.24) is 9.88 Å². The standard InChI is InChI=1S/C16H18N2O/c1-12-5-4-8-18(11-12)16(19)14-9-13-6-2-3-7-15(13)17-10-14/h2-3,6-7,9-10,12H,4-5,8,11H2,1H3. The Morgan fingerprint density at radius 1 is 1.37 bits per heavy atom. The van der Waals surface area contributed by atoms with Crippen molar-refractivity contribution in [2.45, 2.75) is 19.8 Å². The molecule has 1 aromatic heterocycles. The van der Waals surface area contributed by atoms with E-state index in [-0.39, 0.29) is 5.91 Å². The molecule has 1 fully saturated rings. The molecule has 3 rings (SSSR count). The molecule has 2 aromatic rings. The van der Waals surface area contributed by atoms with Crippen molar-refractivity contribution in [3.8, 4) is 0 Å². The van der Waals surface area contributed by atoms with E-state index in [0.29, 0.717) is 11.5 Å². The van der Waals surface area contributed by atoms with Crippen LogP contribution in [0.5, 0.6) is 0 Å². The van der Waals surface area contributed by atoms with Crippen LogP contribution in [0.2, 0.25) is 0 Å². The molecule has 0 bridgehead atoms. The number of benzene rings is 1. The Kier molecular flexibility index (Phi) is 3.20. The summed E-state index contributed by atoms with van der Waals surface area (Å²) in [4.78, 5) is 18.8. The first kappa shape index (κ1) is 12.2. The molecule has 1 unspecified atom stereocenters. The molecule has 1 aliphatic rings. The van der Waals surface area contributed by atoms with Crippen molar-refractivity contribution < 1.29 is 4.79 Å². The zero-order chi connectivity index (χ0) is 13.2. The number of amides is 1. The number of rotatable bonds is 1. The van der Waals surface area contributed by atoms with Gasteiger partial charge in [0, 0.05) is 24.7 Å². The molecule has 1 aliphatic heterocycles. The second-order valence-electron chi connectivity index (χ2n) is 5.42. The average Bonchev–Trinajstić information content (AvgIpc) is 2.46. The number of carbonyl (C=O) groups is 1. The SMILES string of the molecule is CC1CCCN(C(=O)c2cnc3ccccc3c2)C1. The van der Waals surface area contributed by atoms with Crippen LogP contribution in [0.15, 0.2) is 36.5 Å². The van der Waals surface area contributed by atoms with Crippen LogP contribution in [0.3, 0.4) is 0 Å². The molecule has 19 heavy (non-hydrogen) atoms. The normalized spacial score (nSPS) is 19.6. The summed E-state index contributed by atoms with van der Waals surface area (Å²) in [6.45, 7) is 3.94. The lowest BCUT2D eigenvalue weighted by molar-refractivity contribution is 0.0683. The smallest absolute Gasteiger partial charge is 0.255 e. The summed E-state index contributed by atoms with van der Waals surface area (Å²) in [5.41, 5.74) is 1.64. The Morgan fingerprint density at radius 2 is 2.21 bits per heavy atom. The fraction of sp³-hybridized carbons (Fsp3) is 0.375. The number of hydrogen-bond donors (Lipinski definition) is 0. The maximum Gasteiger partial charge on any atom is 0.255 e. The largest absolute Gasteiger partial charge is 0.338 e. The van der Waals surface area contributed by atoms with Gasteiger partial charge in [0.25, 0.3) is 5.91 Å². The lowest BCUT2D eigenvalue weighted by atomic mass is 9.99. The topological polar surface area (TPSA) is 33.2 Å². The molecule has 0 saturated carbocycles. The van der Waals surface area contributed by atoms with Gasteiger partial charge in [-0.25, -0.2) is 0 Å². The predicted molar refractivity (Wildman–Crippen MR) is 76.0 cm³/mol. The van der Waals surface area contributed by atoms with Gasteiger partial charge in [0.2, 0.25) is 0 Å². The number of fused-ring (bicyclic) bond motifs is 1. The lowest BCUT2D eigenvalue weighted by Gasteiger charge is -2.30. The molecule has 1 saturated heterocycles. The van der Waals surface area contributed by atoms with E-state index in [1.165, 1.54) is 6.42 Å². The number of likely N-dealkylation sites (tertiary alicyclic amines) is 1. The fourth-order valence-electron chi connectivity index (χ4n) is 2.74. The summed E-state index contributed by atoms with van der Waals surface area (Å²) in [6.07, 6.45) is 4.03. The minimum atomic E-state index is 0.116. The van der Waals surface area contributed by atoms with Crippen LogP contribution in [-0.2, 0) is 0 Å². The van der Waals surface area contributed by atoms with E-state index in [4.69, 9.17) is 0 Å². The van der Waals surface area contributed by atoms with E-state index in [1.807, 2.05) is 35.2 Å². The number of para-hydroxylation sites is 1. The number of carbonyl (C=O) groups excluding carboxylic acids is 1. The third-order valence-electron chi connectivity index (χ3n) is 3.78. The van der Waals surface area contributed by atoms with Crippen molar-refractivity contribution in [1.29, 1.82) is 0 Å². The summed E-state index contributed by atoms with van der Waals surface area (Å²) in [6, 6.07) is 9.85. The highest BCUT2D eigenvalue weighted by atomic mass is 16.2. The Morgan fingerprint density at radius 3 is 3.05 bits per heavy atom. The highest BCUT2D eigenvalue weighted by Gasteiger charge is 2.22. The van der Waals surface area contributed by atoms with Gasteiger partial charge in [-0.3, -0.25) is 9.78 Å². The monoisotopic (exact) mass is 254 g/mol. The molecule has 1 amide bonds. The molecule has 1 atom stereocenters. The third-order valence-corrected chi connectivity index (χ3v) is 3.78. The first-order valence-corrected chi connectivity index (χ1v) is 6.88. The summed E-state index contributed by atoms with van der Waals surface area (Å²) >= 11 is 0. The highest BCUT2D eigenvalue weighted by Crippen LogP contribution is 2.19. The van der Waals surface area contributed by atoms with Crippen LogP contribution in [0.4, 0.5) is 0 Å². The van der Waals surface area contributed by atoms with Crippen LogP contribution >= 0.6 is 0 Å². The van der Waals surface area contributed by atoms with Gasteiger partial charge >= 0.3 is 0 Å². The van der Waals surface area contributed by atoms with Crippen molar-refractivity contribution in [2.24, 2.45) is 5.92 Å². The minimum Gasteiger partial charge on any atom is -0.338 e. The van der Waals surface area contributed by atoms with Crippen LogP contribution in [-0.4, -0.2) is 28.9 Å². The summed E-state index contributed by atoms with van der Waals surface area (Å²) in [5, 5.41) is 1.03. The van der Waals surface area contributed by atoms with Crippen molar-refractivity contribution in [3.63, 3.8) is 0 Å². The lowest BCUT2D eigenvalue weighted by Crippen LogP contribution is -2.39. The molecular formula is C16H18N2O. The quantitative estimate of drug-likeness (QED) is 0.783. The van der Waals surface area contributed by atoms with E-state index in [1.54, 1.807) is 6.20 Å². The molecule has 1 aromatic carbocycles. The Bertz CT molecular complexity index is 608. The van der Waals surface area contributed by atoms with Crippen LogP contribution in [0, 0.1) is 5.92 Å². The van der Waals surface area contributed by atoms with Crippen LogP contribution in [0.25, 0.3) is 10.9 Å². The third kappa shape index (κ3) is 2.46. The molecule has 0 aliphatic carbocycles. The van der Waals surface area contributed by atoms with Gasteiger partial charge in [-0.2, -0.15) is 0 Å². The average molecular weight is 254 g/mol. The van der Waals surface area contributed by atoms with E-state index in [9.17, 15) is 4.79 Å². The Hall–Kier alpha value is -1.90. The summed E-state index contributed by atoms with van der Waals surface area (Å²) in [7, 11) is 0. The first-order chi connectivity index (χ1) is 9.24. The molecule has 2 heterocycles.